The van der Waals surface area contributed by atoms with E-state index in [0.29, 0.717) is 0 Å². The molecule has 84 valence electrons. The molecule has 0 fully saturated rings. The van der Waals surface area contributed by atoms with Crippen LogP contribution in [-0.2, 0) is 5.54 Å². The van der Waals surface area contributed by atoms with Crippen LogP contribution >= 0.6 is 15.9 Å². The van der Waals surface area contributed by atoms with Gasteiger partial charge < -0.3 is 5.73 Å². The lowest BCUT2D eigenvalue weighted by molar-refractivity contribution is 0.533. The molecule has 0 spiro atoms. The Morgan fingerprint density at radius 3 is 2.38 bits per heavy atom. The predicted octanol–water partition coefficient (Wildman–Crippen LogP) is 2.22. The van der Waals surface area contributed by atoms with E-state index in [2.05, 4.69) is 26.2 Å². The lowest BCUT2D eigenvalue weighted by atomic mass is 10.0. The molecule has 0 bridgehead atoms. The fourth-order valence-corrected chi connectivity index (χ4v) is 1.54. The fraction of sp³-hybridized carbons (Fsp3) is 0.273. The topological polar surface area (TPSA) is 56.7 Å². The largest absolute Gasteiger partial charge is 0.320 e. The molecule has 0 aliphatic carbocycles. The Hall–Kier alpha value is -1.20. The van der Waals surface area contributed by atoms with Crippen LogP contribution in [0.25, 0.3) is 5.69 Å². The molecule has 0 saturated carbocycles. The molecule has 16 heavy (non-hydrogen) atoms. The molecule has 1 aromatic carbocycles. The zero-order valence-corrected chi connectivity index (χ0v) is 10.8. The Bertz CT molecular complexity index is 481. The van der Waals surface area contributed by atoms with E-state index in [1.165, 1.54) is 0 Å². The third kappa shape index (κ3) is 2.31. The highest BCUT2D eigenvalue weighted by atomic mass is 79.9. The minimum Gasteiger partial charge on any atom is -0.320 e. The molecule has 0 amide bonds. The van der Waals surface area contributed by atoms with Gasteiger partial charge in [-0.1, -0.05) is 21.1 Å². The Morgan fingerprint density at radius 2 is 1.88 bits per heavy atom. The van der Waals surface area contributed by atoms with Gasteiger partial charge in [0.15, 0.2) is 0 Å². The van der Waals surface area contributed by atoms with Crippen LogP contribution in [0.4, 0.5) is 0 Å². The fourth-order valence-electron chi connectivity index (χ4n) is 1.28. The van der Waals surface area contributed by atoms with Gasteiger partial charge in [0, 0.05) is 4.47 Å². The van der Waals surface area contributed by atoms with Gasteiger partial charge in [-0.2, -0.15) is 0 Å². The molecule has 2 N–H and O–H groups in total. The highest BCUT2D eigenvalue weighted by molar-refractivity contribution is 9.10. The second kappa shape index (κ2) is 3.99. The molecule has 0 aliphatic heterocycles. The van der Waals surface area contributed by atoms with Gasteiger partial charge in [-0.3, -0.25) is 0 Å². The van der Waals surface area contributed by atoms with Gasteiger partial charge >= 0.3 is 0 Å². The maximum absolute atomic E-state index is 5.95. The number of nitrogens with two attached hydrogens (primary N) is 1. The molecule has 1 heterocycles. The Morgan fingerprint density at radius 1 is 1.25 bits per heavy atom. The average molecular weight is 281 g/mol. The Labute approximate surface area is 103 Å². The minimum atomic E-state index is -0.465. The standard InChI is InChI=1S/C11H13BrN4/c1-11(2,13)10-7-16(15-14-10)9-5-3-8(12)4-6-9/h3-7H,13H2,1-2H3. The van der Waals surface area contributed by atoms with Gasteiger partial charge in [-0.25, -0.2) is 4.68 Å². The Kier molecular flexibility index (Phi) is 2.82. The number of rotatable bonds is 2. The van der Waals surface area contributed by atoms with E-state index in [-0.39, 0.29) is 0 Å². The summed E-state index contributed by atoms with van der Waals surface area (Å²) in [7, 11) is 0. The van der Waals surface area contributed by atoms with Gasteiger partial charge in [0.2, 0.25) is 0 Å². The van der Waals surface area contributed by atoms with E-state index < -0.39 is 5.54 Å². The molecular formula is C11H13BrN4. The second-order valence-electron chi connectivity index (χ2n) is 4.25. The lowest BCUT2D eigenvalue weighted by Gasteiger charge is -2.13. The van der Waals surface area contributed by atoms with E-state index in [4.69, 9.17) is 5.73 Å². The van der Waals surface area contributed by atoms with Crippen molar-refractivity contribution in [1.82, 2.24) is 15.0 Å². The average Bonchev–Trinajstić information content (AvgIpc) is 2.67. The van der Waals surface area contributed by atoms with Gasteiger partial charge in [0.1, 0.15) is 5.69 Å². The van der Waals surface area contributed by atoms with Crippen molar-refractivity contribution >= 4 is 15.9 Å². The van der Waals surface area contributed by atoms with E-state index in [1.807, 2.05) is 44.3 Å². The first-order chi connectivity index (χ1) is 7.47. The third-order valence-corrected chi connectivity index (χ3v) is 2.77. The molecule has 0 unspecified atom stereocenters. The molecule has 2 aromatic rings. The van der Waals surface area contributed by atoms with Crippen molar-refractivity contribution in [3.8, 4) is 5.69 Å². The normalized spacial score (nSPS) is 11.8. The van der Waals surface area contributed by atoms with E-state index in [1.54, 1.807) is 4.68 Å². The van der Waals surface area contributed by atoms with Gasteiger partial charge in [-0.15, -0.1) is 5.10 Å². The maximum Gasteiger partial charge on any atom is 0.102 e. The van der Waals surface area contributed by atoms with Crippen molar-refractivity contribution in [2.24, 2.45) is 5.73 Å². The van der Waals surface area contributed by atoms with Crippen molar-refractivity contribution < 1.29 is 0 Å². The van der Waals surface area contributed by atoms with Crippen LogP contribution in [0.5, 0.6) is 0 Å². The summed E-state index contributed by atoms with van der Waals surface area (Å²) in [6.45, 7) is 3.81. The quantitative estimate of drug-likeness (QED) is 0.918. The summed E-state index contributed by atoms with van der Waals surface area (Å²) >= 11 is 3.39. The Balaban J connectivity index is 2.35. The molecule has 4 nitrogen and oxygen atoms in total. The van der Waals surface area contributed by atoms with Crippen molar-refractivity contribution in [3.05, 3.63) is 40.6 Å². The summed E-state index contributed by atoms with van der Waals surface area (Å²) in [5.41, 5.74) is 7.22. The van der Waals surface area contributed by atoms with Crippen LogP contribution in [0.2, 0.25) is 0 Å². The third-order valence-electron chi connectivity index (χ3n) is 2.24. The first kappa shape index (κ1) is 11.3. The molecule has 5 heteroatoms. The summed E-state index contributed by atoms with van der Waals surface area (Å²) in [4.78, 5) is 0. The predicted molar refractivity (Wildman–Crippen MR) is 66.3 cm³/mol. The SMILES string of the molecule is CC(C)(N)c1cn(-c2ccc(Br)cc2)nn1. The van der Waals surface area contributed by atoms with Crippen LogP contribution in [0.1, 0.15) is 19.5 Å². The summed E-state index contributed by atoms with van der Waals surface area (Å²) < 4.78 is 2.76. The zero-order chi connectivity index (χ0) is 11.8. The van der Waals surface area contributed by atoms with Crippen molar-refractivity contribution in [2.75, 3.05) is 0 Å². The summed E-state index contributed by atoms with van der Waals surface area (Å²) in [6.07, 6.45) is 1.85. The number of hydrogen-bond acceptors (Lipinski definition) is 3. The van der Waals surface area contributed by atoms with Crippen LogP contribution in [-0.4, -0.2) is 15.0 Å². The molecule has 0 saturated heterocycles. The first-order valence-electron chi connectivity index (χ1n) is 4.94. The van der Waals surface area contributed by atoms with Gasteiger partial charge in [0.05, 0.1) is 17.4 Å². The van der Waals surface area contributed by atoms with Crippen LogP contribution in [0, 0.1) is 0 Å². The summed E-state index contributed by atoms with van der Waals surface area (Å²) in [6, 6.07) is 7.85. The van der Waals surface area contributed by atoms with Crippen LogP contribution < -0.4 is 5.73 Å². The molecule has 0 atom stereocenters. The number of benzene rings is 1. The molecular weight excluding hydrogens is 268 g/mol. The van der Waals surface area contributed by atoms with Gasteiger partial charge in [0.25, 0.3) is 0 Å². The van der Waals surface area contributed by atoms with Crippen molar-refractivity contribution in [3.63, 3.8) is 0 Å². The lowest BCUT2D eigenvalue weighted by Crippen LogP contribution is -2.29. The maximum atomic E-state index is 5.95. The molecule has 0 aliphatic rings. The molecule has 1 aromatic heterocycles. The van der Waals surface area contributed by atoms with E-state index in [0.717, 1.165) is 15.9 Å². The zero-order valence-electron chi connectivity index (χ0n) is 9.18. The minimum absolute atomic E-state index is 0.465. The molecule has 0 radical (unpaired) electrons. The highest BCUT2D eigenvalue weighted by Gasteiger charge is 2.18. The van der Waals surface area contributed by atoms with E-state index in [9.17, 15) is 0 Å². The monoisotopic (exact) mass is 280 g/mol. The van der Waals surface area contributed by atoms with Crippen molar-refractivity contribution in [1.29, 1.82) is 0 Å². The summed E-state index contributed by atoms with van der Waals surface area (Å²) in [5, 5.41) is 8.12. The number of hydrogen-bond donors (Lipinski definition) is 1. The highest BCUT2D eigenvalue weighted by Crippen LogP contribution is 2.16. The number of nitrogens with zero attached hydrogens (tertiary/aromatic N) is 3. The number of halogens is 1. The van der Waals surface area contributed by atoms with Crippen molar-refractivity contribution in [2.45, 2.75) is 19.4 Å². The van der Waals surface area contributed by atoms with Crippen LogP contribution in [0.3, 0.4) is 0 Å². The molecule has 2 rings (SSSR count). The second-order valence-corrected chi connectivity index (χ2v) is 5.16. The first-order valence-corrected chi connectivity index (χ1v) is 5.74. The van der Waals surface area contributed by atoms with Crippen LogP contribution in [0.15, 0.2) is 34.9 Å². The summed E-state index contributed by atoms with van der Waals surface area (Å²) in [5.74, 6) is 0. The van der Waals surface area contributed by atoms with Gasteiger partial charge in [-0.05, 0) is 38.1 Å². The number of aromatic nitrogens is 3. The smallest absolute Gasteiger partial charge is 0.102 e. The van der Waals surface area contributed by atoms with E-state index >= 15 is 0 Å².